The standard InChI is InChI=1S/C15H21BrClNO/c1-15(2)7-5-4-6-13(15)18-12-9-10(17)8-11(16)14(12)19-3/h8-9,13,18H,4-7H2,1-3H3. The van der Waals surface area contributed by atoms with Gasteiger partial charge in [0.05, 0.1) is 17.3 Å². The largest absolute Gasteiger partial charge is 0.493 e. The van der Waals surface area contributed by atoms with Gasteiger partial charge in [-0.05, 0) is 46.3 Å². The second kappa shape index (κ2) is 5.92. The van der Waals surface area contributed by atoms with Gasteiger partial charge in [-0.15, -0.1) is 0 Å². The van der Waals surface area contributed by atoms with Gasteiger partial charge in [0.1, 0.15) is 0 Å². The smallest absolute Gasteiger partial charge is 0.156 e. The summed E-state index contributed by atoms with van der Waals surface area (Å²) in [4.78, 5) is 0. The number of methoxy groups -OCH3 is 1. The van der Waals surface area contributed by atoms with Crippen molar-refractivity contribution >= 4 is 33.2 Å². The Labute approximate surface area is 129 Å². The molecule has 1 unspecified atom stereocenters. The van der Waals surface area contributed by atoms with Crippen LogP contribution >= 0.6 is 27.5 Å². The molecule has 19 heavy (non-hydrogen) atoms. The molecule has 106 valence electrons. The summed E-state index contributed by atoms with van der Waals surface area (Å²) in [6, 6.07) is 4.26. The molecule has 1 aromatic carbocycles. The minimum atomic E-state index is 0.304. The molecule has 1 N–H and O–H groups in total. The van der Waals surface area contributed by atoms with E-state index in [0.717, 1.165) is 15.9 Å². The molecule has 1 aliphatic carbocycles. The molecule has 1 saturated carbocycles. The first kappa shape index (κ1) is 15.0. The van der Waals surface area contributed by atoms with E-state index in [-0.39, 0.29) is 0 Å². The van der Waals surface area contributed by atoms with Crippen LogP contribution < -0.4 is 10.1 Å². The number of benzene rings is 1. The van der Waals surface area contributed by atoms with Crippen LogP contribution in [-0.4, -0.2) is 13.2 Å². The first-order valence-electron chi connectivity index (χ1n) is 6.73. The Bertz CT molecular complexity index is 462. The first-order valence-corrected chi connectivity index (χ1v) is 7.91. The van der Waals surface area contributed by atoms with Gasteiger partial charge in [-0.25, -0.2) is 0 Å². The Balaban J connectivity index is 2.27. The van der Waals surface area contributed by atoms with Crippen LogP contribution in [-0.2, 0) is 0 Å². The summed E-state index contributed by atoms with van der Waals surface area (Å²) in [5.41, 5.74) is 1.28. The minimum Gasteiger partial charge on any atom is -0.493 e. The van der Waals surface area contributed by atoms with Crippen LogP contribution in [0.3, 0.4) is 0 Å². The lowest BCUT2D eigenvalue weighted by Crippen LogP contribution is -2.39. The zero-order valence-corrected chi connectivity index (χ0v) is 14.1. The lowest BCUT2D eigenvalue weighted by atomic mass is 9.73. The van der Waals surface area contributed by atoms with E-state index in [9.17, 15) is 0 Å². The second-order valence-corrected chi connectivity index (χ2v) is 7.19. The summed E-state index contributed by atoms with van der Waals surface area (Å²) in [6.07, 6.45) is 5.06. The van der Waals surface area contributed by atoms with Crippen molar-refractivity contribution < 1.29 is 4.74 Å². The number of ether oxygens (including phenoxy) is 1. The van der Waals surface area contributed by atoms with Crippen LogP contribution in [0.4, 0.5) is 5.69 Å². The number of nitrogens with one attached hydrogen (secondary N) is 1. The van der Waals surface area contributed by atoms with Crippen molar-refractivity contribution in [1.29, 1.82) is 0 Å². The Morgan fingerprint density at radius 1 is 1.37 bits per heavy atom. The maximum Gasteiger partial charge on any atom is 0.156 e. The summed E-state index contributed by atoms with van der Waals surface area (Å²) in [5, 5.41) is 4.34. The molecule has 1 fully saturated rings. The first-order chi connectivity index (χ1) is 8.94. The van der Waals surface area contributed by atoms with Gasteiger partial charge in [-0.2, -0.15) is 0 Å². The molecule has 0 spiro atoms. The third-order valence-electron chi connectivity index (χ3n) is 4.05. The van der Waals surface area contributed by atoms with Crippen molar-refractivity contribution in [3.63, 3.8) is 0 Å². The molecule has 1 aliphatic rings. The fourth-order valence-electron chi connectivity index (χ4n) is 2.82. The maximum atomic E-state index is 6.14. The second-order valence-electron chi connectivity index (χ2n) is 5.90. The van der Waals surface area contributed by atoms with Crippen molar-refractivity contribution in [3.8, 4) is 5.75 Å². The van der Waals surface area contributed by atoms with Crippen LogP contribution in [0.25, 0.3) is 0 Å². The van der Waals surface area contributed by atoms with Crippen LogP contribution in [0.1, 0.15) is 39.5 Å². The highest BCUT2D eigenvalue weighted by Crippen LogP contribution is 2.41. The lowest BCUT2D eigenvalue weighted by molar-refractivity contribution is 0.216. The number of hydrogen-bond acceptors (Lipinski definition) is 2. The molecule has 0 saturated heterocycles. The van der Waals surface area contributed by atoms with Gasteiger partial charge in [0.15, 0.2) is 5.75 Å². The highest BCUT2D eigenvalue weighted by molar-refractivity contribution is 9.10. The van der Waals surface area contributed by atoms with Crippen molar-refractivity contribution in [2.45, 2.75) is 45.6 Å². The average Bonchev–Trinajstić information content (AvgIpc) is 2.31. The number of anilines is 1. The van der Waals surface area contributed by atoms with E-state index in [4.69, 9.17) is 16.3 Å². The summed E-state index contributed by atoms with van der Waals surface area (Å²) >= 11 is 9.64. The molecule has 0 aliphatic heterocycles. The molecule has 0 bridgehead atoms. The van der Waals surface area contributed by atoms with E-state index >= 15 is 0 Å². The highest BCUT2D eigenvalue weighted by Gasteiger charge is 2.32. The van der Waals surface area contributed by atoms with Crippen molar-refractivity contribution in [3.05, 3.63) is 21.6 Å². The SMILES string of the molecule is COc1c(Br)cc(Cl)cc1NC1CCCCC1(C)C. The van der Waals surface area contributed by atoms with Gasteiger partial charge in [-0.3, -0.25) is 0 Å². The third-order valence-corrected chi connectivity index (χ3v) is 4.86. The zero-order chi connectivity index (χ0) is 14.0. The van der Waals surface area contributed by atoms with Gasteiger partial charge >= 0.3 is 0 Å². The fraction of sp³-hybridized carbons (Fsp3) is 0.600. The van der Waals surface area contributed by atoms with Gasteiger partial charge in [0, 0.05) is 11.1 Å². The molecule has 0 radical (unpaired) electrons. The summed E-state index contributed by atoms with van der Waals surface area (Å²) in [7, 11) is 1.69. The predicted molar refractivity (Wildman–Crippen MR) is 85.4 cm³/mol. The molecular weight excluding hydrogens is 326 g/mol. The average molecular weight is 347 g/mol. The summed E-state index contributed by atoms with van der Waals surface area (Å²) < 4.78 is 6.36. The van der Waals surface area contributed by atoms with Gasteiger partial charge < -0.3 is 10.1 Å². The molecule has 4 heteroatoms. The van der Waals surface area contributed by atoms with Crippen LogP contribution in [0.15, 0.2) is 16.6 Å². The summed E-state index contributed by atoms with van der Waals surface area (Å²) in [5.74, 6) is 0.825. The van der Waals surface area contributed by atoms with E-state index in [2.05, 4.69) is 35.1 Å². The highest BCUT2D eigenvalue weighted by atomic mass is 79.9. The summed E-state index contributed by atoms with van der Waals surface area (Å²) in [6.45, 7) is 4.66. The Morgan fingerprint density at radius 2 is 2.11 bits per heavy atom. The van der Waals surface area contributed by atoms with E-state index in [1.54, 1.807) is 7.11 Å². The quantitative estimate of drug-likeness (QED) is 0.781. The topological polar surface area (TPSA) is 21.3 Å². The monoisotopic (exact) mass is 345 g/mol. The van der Waals surface area contributed by atoms with Crippen LogP contribution in [0.5, 0.6) is 5.75 Å². The normalized spacial score (nSPS) is 22.1. The Morgan fingerprint density at radius 3 is 2.74 bits per heavy atom. The van der Waals surface area contributed by atoms with Gasteiger partial charge in [0.2, 0.25) is 0 Å². The van der Waals surface area contributed by atoms with Crippen molar-refractivity contribution in [1.82, 2.24) is 0 Å². The number of hydrogen-bond donors (Lipinski definition) is 1. The minimum absolute atomic E-state index is 0.304. The molecule has 0 aromatic heterocycles. The number of rotatable bonds is 3. The van der Waals surface area contributed by atoms with E-state index in [1.165, 1.54) is 25.7 Å². The van der Waals surface area contributed by atoms with E-state index in [1.807, 2.05) is 12.1 Å². The Hall–Kier alpha value is -0.410. The van der Waals surface area contributed by atoms with Gasteiger partial charge in [0.25, 0.3) is 0 Å². The van der Waals surface area contributed by atoms with E-state index in [0.29, 0.717) is 16.5 Å². The van der Waals surface area contributed by atoms with Crippen molar-refractivity contribution in [2.24, 2.45) is 5.41 Å². The molecule has 2 nitrogen and oxygen atoms in total. The van der Waals surface area contributed by atoms with Crippen molar-refractivity contribution in [2.75, 3.05) is 12.4 Å². The fourth-order valence-corrected chi connectivity index (χ4v) is 3.80. The third kappa shape index (κ3) is 3.38. The van der Waals surface area contributed by atoms with Gasteiger partial charge in [-0.1, -0.05) is 38.3 Å². The van der Waals surface area contributed by atoms with Crippen LogP contribution in [0, 0.1) is 5.41 Å². The lowest BCUT2D eigenvalue weighted by Gasteiger charge is -2.40. The molecule has 0 amide bonds. The molecular formula is C15H21BrClNO. The molecule has 2 rings (SSSR count). The maximum absolute atomic E-state index is 6.14. The molecule has 0 heterocycles. The predicted octanol–water partition coefficient (Wildman–Crippen LogP) is 5.49. The molecule has 1 atom stereocenters. The Kier molecular flexibility index (Phi) is 4.67. The zero-order valence-electron chi connectivity index (χ0n) is 11.7. The molecule has 1 aromatic rings. The van der Waals surface area contributed by atoms with Crippen LogP contribution in [0.2, 0.25) is 5.02 Å². The van der Waals surface area contributed by atoms with E-state index < -0.39 is 0 Å². The number of halogens is 2.